The monoisotopic (exact) mass is 433 g/mol. The summed E-state index contributed by atoms with van der Waals surface area (Å²) in [5, 5.41) is 11.4. The van der Waals surface area contributed by atoms with Gasteiger partial charge in [-0.1, -0.05) is 52.6 Å². The van der Waals surface area contributed by atoms with E-state index in [1.807, 2.05) is 18.2 Å². The second kappa shape index (κ2) is 8.18. The van der Waals surface area contributed by atoms with E-state index < -0.39 is 17.8 Å². The molecule has 148 valence electrons. The van der Waals surface area contributed by atoms with E-state index >= 15 is 0 Å². The Balaban J connectivity index is 1.39. The largest absolute Gasteiger partial charge is 0.382 e. The van der Waals surface area contributed by atoms with E-state index in [2.05, 4.69) is 20.6 Å². The van der Waals surface area contributed by atoms with Crippen LogP contribution in [0.4, 0.5) is 10.3 Å². The van der Waals surface area contributed by atoms with Gasteiger partial charge in [0, 0.05) is 11.4 Å². The van der Waals surface area contributed by atoms with Crippen LogP contribution in [0.5, 0.6) is 0 Å². The van der Waals surface area contributed by atoms with Crippen molar-refractivity contribution in [3.05, 3.63) is 75.8 Å². The SMILES string of the molecule is O=C(Nc1ncn(Cc2ccccc2Cl)n1)C1CC(c2c(F)cccc2Cl)=NO1. The van der Waals surface area contributed by atoms with Gasteiger partial charge in [0.1, 0.15) is 12.1 Å². The molecule has 1 unspecified atom stereocenters. The number of aromatic nitrogens is 3. The Bertz CT molecular complexity index is 1080. The Morgan fingerprint density at radius 1 is 1.21 bits per heavy atom. The number of rotatable bonds is 5. The van der Waals surface area contributed by atoms with E-state index in [0.717, 1.165) is 5.56 Å². The summed E-state index contributed by atoms with van der Waals surface area (Å²) in [6.07, 6.45) is 0.624. The van der Waals surface area contributed by atoms with E-state index in [1.54, 1.807) is 16.8 Å². The van der Waals surface area contributed by atoms with Crippen molar-refractivity contribution in [2.45, 2.75) is 19.1 Å². The summed E-state index contributed by atoms with van der Waals surface area (Å²) in [6.45, 7) is 0.404. The molecule has 0 spiro atoms. The zero-order valence-electron chi connectivity index (χ0n) is 14.8. The summed E-state index contributed by atoms with van der Waals surface area (Å²) < 4.78 is 15.6. The molecule has 1 atom stereocenters. The number of amides is 1. The normalized spacial score (nSPS) is 15.7. The van der Waals surface area contributed by atoms with E-state index in [0.29, 0.717) is 11.6 Å². The van der Waals surface area contributed by atoms with Gasteiger partial charge in [-0.05, 0) is 23.8 Å². The smallest absolute Gasteiger partial charge is 0.271 e. The lowest BCUT2D eigenvalue weighted by Crippen LogP contribution is -2.28. The van der Waals surface area contributed by atoms with Crippen LogP contribution in [0.25, 0.3) is 0 Å². The third-order valence-corrected chi connectivity index (χ3v) is 4.96. The summed E-state index contributed by atoms with van der Waals surface area (Å²) in [5.41, 5.74) is 1.27. The molecule has 0 saturated heterocycles. The highest BCUT2D eigenvalue weighted by atomic mass is 35.5. The third kappa shape index (κ3) is 4.23. The van der Waals surface area contributed by atoms with Gasteiger partial charge >= 0.3 is 0 Å². The van der Waals surface area contributed by atoms with Crippen molar-refractivity contribution in [3.63, 3.8) is 0 Å². The molecule has 0 saturated carbocycles. The molecule has 10 heteroatoms. The molecule has 1 aliphatic heterocycles. The first-order valence-electron chi connectivity index (χ1n) is 8.62. The minimum absolute atomic E-state index is 0.0762. The van der Waals surface area contributed by atoms with Gasteiger partial charge in [-0.15, -0.1) is 5.10 Å². The minimum atomic E-state index is -0.934. The molecule has 29 heavy (non-hydrogen) atoms. The topological polar surface area (TPSA) is 81.4 Å². The van der Waals surface area contributed by atoms with Crippen molar-refractivity contribution < 1.29 is 14.0 Å². The number of hydrogen-bond acceptors (Lipinski definition) is 5. The summed E-state index contributed by atoms with van der Waals surface area (Å²) in [7, 11) is 0. The zero-order chi connectivity index (χ0) is 20.4. The maximum absolute atomic E-state index is 14.0. The van der Waals surface area contributed by atoms with Gasteiger partial charge in [-0.3, -0.25) is 10.1 Å². The maximum atomic E-state index is 14.0. The summed E-state index contributed by atoms with van der Waals surface area (Å²) >= 11 is 12.2. The summed E-state index contributed by atoms with van der Waals surface area (Å²) in [6, 6.07) is 11.7. The quantitative estimate of drug-likeness (QED) is 0.661. The molecule has 4 rings (SSSR count). The van der Waals surface area contributed by atoms with Gasteiger partial charge in [0.2, 0.25) is 12.1 Å². The number of halogens is 3. The maximum Gasteiger partial charge on any atom is 0.271 e. The number of nitrogens with zero attached hydrogens (tertiary/aromatic N) is 4. The molecule has 3 aromatic rings. The lowest BCUT2D eigenvalue weighted by Gasteiger charge is -2.07. The molecule has 0 bridgehead atoms. The van der Waals surface area contributed by atoms with Crippen molar-refractivity contribution in [1.29, 1.82) is 0 Å². The Kier molecular flexibility index (Phi) is 5.46. The first-order chi connectivity index (χ1) is 14.0. The second-order valence-electron chi connectivity index (χ2n) is 6.28. The Morgan fingerprint density at radius 3 is 2.79 bits per heavy atom. The molecule has 2 heterocycles. The van der Waals surface area contributed by atoms with Crippen molar-refractivity contribution in [3.8, 4) is 0 Å². The summed E-state index contributed by atoms with van der Waals surface area (Å²) in [5.74, 6) is -0.907. The minimum Gasteiger partial charge on any atom is -0.382 e. The highest BCUT2D eigenvalue weighted by Crippen LogP contribution is 2.26. The predicted octanol–water partition coefficient (Wildman–Crippen LogP) is 3.90. The number of carbonyl (C=O) groups excluding carboxylic acids is 1. The van der Waals surface area contributed by atoms with E-state index in [4.69, 9.17) is 28.0 Å². The number of hydrogen-bond donors (Lipinski definition) is 1. The van der Waals surface area contributed by atoms with E-state index in [-0.39, 0.29) is 28.7 Å². The van der Waals surface area contributed by atoms with Crippen molar-refractivity contribution >= 4 is 40.8 Å². The number of oxime groups is 1. The van der Waals surface area contributed by atoms with Crippen molar-refractivity contribution in [2.75, 3.05) is 5.32 Å². The highest BCUT2D eigenvalue weighted by Gasteiger charge is 2.31. The van der Waals surface area contributed by atoms with Gasteiger partial charge in [-0.2, -0.15) is 0 Å². The van der Waals surface area contributed by atoms with Crippen LogP contribution in [-0.2, 0) is 16.2 Å². The van der Waals surface area contributed by atoms with E-state index in [1.165, 1.54) is 18.5 Å². The van der Waals surface area contributed by atoms with Gasteiger partial charge in [0.15, 0.2) is 0 Å². The molecule has 0 fully saturated rings. The third-order valence-electron chi connectivity index (χ3n) is 4.27. The Labute approximate surface area is 175 Å². The highest BCUT2D eigenvalue weighted by molar-refractivity contribution is 6.34. The van der Waals surface area contributed by atoms with Gasteiger partial charge in [0.05, 0.1) is 22.8 Å². The molecule has 2 aromatic carbocycles. The number of nitrogens with one attached hydrogen (secondary N) is 1. The fourth-order valence-corrected chi connectivity index (χ4v) is 3.33. The Hall–Kier alpha value is -2.97. The van der Waals surface area contributed by atoms with Crippen LogP contribution in [-0.4, -0.2) is 32.5 Å². The van der Waals surface area contributed by atoms with Gasteiger partial charge < -0.3 is 4.84 Å². The number of anilines is 1. The Morgan fingerprint density at radius 2 is 2.00 bits per heavy atom. The molecule has 7 nitrogen and oxygen atoms in total. The molecular weight excluding hydrogens is 420 g/mol. The van der Waals surface area contributed by atoms with Crippen LogP contribution in [0.15, 0.2) is 53.9 Å². The lowest BCUT2D eigenvalue weighted by molar-refractivity contribution is -0.125. The first-order valence-corrected chi connectivity index (χ1v) is 9.37. The average Bonchev–Trinajstić information content (AvgIpc) is 3.33. The van der Waals surface area contributed by atoms with E-state index in [9.17, 15) is 9.18 Å². The predicted molar refractivity (Wildman–Crippen MR) is 107 cm³/mol. The first kappa shape index (κ1) is 19.4. The molecular formula is C19H14Cl2FN5O2. The van der Waals surface area contributed by atoms with Crippen LogP contribution < -0.4 is 5.32 Å². The fourth-order valence-electron chi connectivity index (χ4n) is 2.86. The van der Waals surface area contributed by atoms with Crippen LogP contribution in [0, 0.1) is 5.82 Å². The van der Waals surface area contributed by atoms with Gasteiger partial charge in [0.25, 0.3) is 5.91 Å². The molecule has 0 aliphatic carbocycles. The molecule has 1 N–H and O–H groups in total. The molecule has 0 radical (unpaired) electrons. The molecule has 1 aliphatic rings. The average molecular weight is 434 g/mol. The summed E-state index contributed by atoms with van der Waals surface area (Å²) in [4.78, 5) is 21.7. The standard InChI is InChI=1S/C19H14Cl2FN5O2/c20-12-5-2-1-4-11(12)9-27-10-23-19(25-27)24-18(28)16-8-15(26-29-16)17-13(21)6-3-7-14(17)22/h1-7,10,16H,8-9H2,(H,24,25,28). The zero-order valence-corrected chi connectivity index (χ0v) is 16.4. The van der Waals surface area contributed by atoms with Gasteiger partial charge in [-0.25, -0.2) is 14.1 Å². The van der Waals surface area contributed by atoms with Crippen molar-refractivity contribution in [2.24, 2.45) is 5.16 Å². The molecule has 1 aromatic heterocycles. The van der Waals surface area contributed by atoms with Crippen molar-refractivity contribution in [1.82, 2.24) is 14.8 Å². The van der Waals surface area contributed by atoms with Crippen LogP contribution >= 0.6 is 23.2 Å². The van der Waals surface area contributed by atoms with Crippen LogP contribution in [0.3, 0.4) is 0 Å². The number of carbonyl (C=O) groups is 1. The van der Waals surface area contributed by atoms with Crippen LogP contribution in [0.1, 0.15) is 17.5 Å². The molecule has 1 amide bonds. The second-order valence-corrected chi connectivity index (χ2v) is 7.09. The van der Waals surface area contributed by atoms with Crippen LogP contribution in [0.2, 0.25) is 10.0 Å². The fraction of sp³-hybridized carbons (Fsp3) is 0.158. The lowest BCUT2D eigenvalue weighted by atomic mass is 10.0. The number of benzene rings is 2.